The molecule has 1 N–H and O–H groups in total. The van der Waals surface area contributed by atoms with E-state index in [0.29, 0.717) is 31.2 Å². The molecule has 2 aromatic rings. The second-order valence-electron chi connectivity index (χ2n) is 10.2. The van der Waals surface area contributed by atoms with Crippen molar-refractivity contribution in [2.45, 2.75) is 71.4 Å². The number of carbonyl (C=O) groups excluding carboxylic acids is 2. The number of nitrogens with one attached hydrogen (secondary N) is 1. The SMILES string of the molecule is CC[C@@H](Oc1ccc2c(c1)[C@@H](c1ccc(F)cc1)N(C(=O)C1CCCC1)CC2)C(=O)NCC(C)C. The van der Waals surface area contributed by atoms with Gasteiger partial charge in [-0.2, -0.15) is 0 Å². The highest BCUT2D eigenvalue weighted by Crippen LogP contribution is 2.40. The largest absolute Gasteiger partial charge is 0.481 e. The molecule has 2 aromatic carbocycles. The molecule has 1 saturated carbocycles. The second kappa shape index (κ2) is 11.2. The van der Waals surface area contributed by atoms with Gasteiger partial charge in [-0.25, -0.2) is 4.39 Å². The maximum Gasteiger partial charge on any atom is 0.261 e. The third-order valence-electron chi connectivity index (χ3n) is 7.14. The predicted molar refractivity (Wildman–Crippen MR) is 135 cm³/mol. The van der Waals surface area contributed by atoms with E-state index < -0.39 is 6.10 Å². The molecule has 1 aliphatic heterocycles. The third kappa shape index (κ3) is 5.85. The molecule has 5 nitrogen and oxygen atoms in total. The van der Waals surface area contributed by atoms with Gasteiger partial charge in [-0.15, -0.1) is 0 Å². The molecule has 0 bridgehead atoms. The Balaban J connectivity index is 1.64. The predicted octanol–water partition coefficient (Wildman–Crippen LogP) is 5.42. The molecular weight excluding hydrogens is 443 g/mol. The molecule has 1 heterocycles. The minimum Gasteiger partial charge on any atom is -0.481 e. The Labute approximate surface area is 208 Å². The van der Waals surface area contributed by atoms with Gasteiger partial charge in [0, 0.05) is 19.0 Å². The van der Waals surface area contributed by atoms with Crippen LogP contribution in [0.3, 0.4) is 0 Å². The van der Waals surface area contributed by atoms with Crippen LogP contribution in [-0.2, 0) is 16.0 Å². The quantitative estimate of drug-likeness (QED) is 0.549. The molecule has 0 radical (unpaired) electrons. The Morgan fingerprint density at radius 1 is 1.11 bits per heavy atom. The third-order valence-corrected chi connectivity index (χ3v) is 7.14. The number of hydrogen-bond acceptors (Lipinski definition) is 3. The zero-order valence-electron chi connectivity index (χ0n) is 21.1. The van der Waals surface area contributed by atoms with Crippen LogP contribution in [0.4, 0.5) is 4.39 Å². The summed E-state index contributed by atoms with van der Waals surface area (Å²) < 4.78 is 19.9. The zero-order chi connectivity index (χ0) is 24.9. The zero-order valence-corrected chi connectivity index (χ0v) is 21.1. The molecule has 1 aliphatic carbocycles. The van der Waals surface area contributed by atoms with Crippen molar-refractivity contribution in [1.29, 1.82) is 0 Å². The minimum atomic E-state index is -0.587. The number of nitrogens with zero attached hydrogens (tertiary/aromatic N) is 1. The maximum atomic E-state index is 13.7. The molecule has 0 spiro atoms. The Kier molecular flexibility index (Phi) is 8.09. The van der Waals surface area contributed by atoms with E-state index in [0.717, 1.165) is 48.8 Å². The smallest absolute Gasteiger partial charge is 0.261 e. The van der Waals surface area contributed by atoms with Gasteiger partial charge in [0.2, 0.25) is 5.91 Å². The fourth-order valence-corrected chi connectivity index (χ4v) is 5.22. The number of amides is 2. The molecule has 1 fully saturated rings. The van der Waals surface area contributed by atoms with E-state index in [1.165, 1.54) is 12.1 Å². The number of rotatable bonds is 8. The average molecular weight is 481 g/mol. The van der Waals surface area contributed by atoms with E-state index >= 15 is 0 Å². The summed E-state index contributed by atoms with van der Waals surface area (Å²) in [5.41, 5.74) is 3.03. The Morgan fingerprint density at radius 3 is 2.49 bits per heavy atom. The molecule has 0 aromatic heterocycles. The van der Waals surface area contributed by atoms with E-state index in [-0.39, 0.29) is 29.6 Å². The van der Waals surface area contributed by atoms with Crippen LogP contribution in [0.2, 0.25) is 0 Å². The van der Waals surface area contributed by atoms with Crippen molar-refractivity contribution in [3.05, 3.63) is 65.0 Å². The van der Waals surface area contributed by atoms with E-state index in [1.807, 2.05) is 30.0 Å². The summed E-state index contributed by atoms with van der Waals surface area (Å²) in [6, 6.07) is 12.1. The van der Waals surface area contributed by atoms with E-state index in [2.05, 4.69) is 19.2 Å². The fourth-order valence-electron chi connectivity index (χ4n) is 5.22. The van der Waals surface area contributed by atoms with Gasteiger partial charge < -0.3 is 15.0 Å². The highest BCUT2D eigenvalue weighted by Gasteiger charge is 2.36. The summed E-state index contributed by atoms with van der Waals surface area (Å²) in [6.45, 7) is 7.29. The van der Waals surface area contributed by atoms with Crippen LogP contribution in [0.5, 0.6) is 5.75 Å². The summed E-state index contributed by atoms with van der Waals surface area (Å²) in [5, 5.41) is 2.96. The summed E-state index contributed by atoms with van der Waals surface area (Å²) in [5.74, 6) is 0.805. The standard InChI is InChI=1S/C29H37FN2O3/c1-4-26(28(33)31-18-19(2)3)35-24-14-11-20-15-16-32(29(34)22-7-5-6-8-22)27(25(20)17-24)21-9-12-23(30)13-10-21/h9-14,17,19,22,26-27H,4-8,15-16,18H2,1-3H3,(H,31,33)/t26-,27-/m1/s1. The summed E-state index contributed by atoms with van der Waals surface area (Å²) in [7, 11) is 0. The van der Waals surface area contributed by atoms with Gasteiger partial charge in [0.1, 0.15) is 11.6 Å². The van der Waals surface area contributed by atoms with Crippen molar-refractivity contribution >= 4 is 11.8 Å². The van der Waals surface area contributed by atoms with Gasteiger partial charge in [-0.1, -0.05) is 51.8 Å². The van der Waals surface area contributed by atoms with Gasteiger partial charge >= 0.3 is 0 Å². The van der Waals surface area contributed by atoms with Crippen LogP contribution in [0, 0.1) is 17.7 Å². The van der Waals surface area contributed by atoms with Gasteiger partial charge in [0.25, 0.3) is 5.91 Å². The topological polar surface area (TPSA) is 58.6 Å². The fraction of sp³-hybridized carbons (Fsp3) is 0.517. The molecule has 35 heavy (non-hydrogen) atoms. The number of benzene rings is 2. The lowest BCUT2D eigenvalue weighted by atomic mass is 9.87. The molecular formula is C29H37FN2O3. The van der Waals surface area contributed by atoms with Crippen molar-refractivity contribution in [2.24, 2.45) is 11.8 Å². The van der Waals surface area contributed by atoms with Gasteiger partial charge in [0.15, 0.2) is 6.10 Å². The highest BCUT2D eigenvalue weighted by atomic mass is 19.1. The Morgan fingerprint density at radius 2 is 1.83 bits per heavy atom. The first-order valence-electron chi connectivity index (χ1n) is 13.0. The normalized spacial score (nSPS) is 18.9. The van der Waals surface area contributed by atoms with Crippen LogP contribution in [0.15, 0.2) is 42.5 Å². The molecule has 188 valence electrons. The number of carbonyl (C=O) groups is 2. The van der Waals surface area contributed by atoms with Crippen molar-refractivity contribution in [3.63, 3.8) is 0 Å². The lowest BCUT2D eigenvalue weighted by Crippen LogP contribution is -2.43. The highest BCUT2D eigenvalue weighted by molar-refractivity contribution is 5.81. The Hall–Kier alpha value is -2.89. The lowest BCUT2D eigenvalue weighted by Gasteiger charge is -2.39. The molecule has 2 amide bonds. The molecule has 4 rings (SSSR count). The average Bonchev–Trinajstić information content (AvgIpc) is 3.40. The molecule has 0 saturated heterocycles. The van der Waals surface area contributed by atoms with Gasteiger partial charge in [0.05, 0.1) is 6.04 Å². The first-order chi connectivity index (χ1) is 16.9. The lowest BCUT2D eigenvalue weighted by molar-refractivity contribution is -0.137. The molecule has 2 atom stereocenters. The Bertz CT molecular complexity index is 1030. The monoisotopic (exact) mass is 480 g/mol. The molecule has 6 heteroatoms. The van der Waals surface area contributed by atoms with Crippen LogP contribution in [0.1, 0.15) is 75.6 Å². The first-order valence-corrected chi connectivity index (χ1v) is 13.0. The molecule has 2 aliphatic rings. The summed E-state index contributed by atoms with van der Waals surface area (Å²) >= 11 is 0. The number of hydrogen-bond donors (Lipinski definition) is 1. The van der Waals surface area contributed by atoms with Crippen LogP contribution in [0.25, 0.3) is 0 Å². The molecule has 0 unspecified atom stereocenters. The van der Waals surface area contributed by atoms with E-state index in [9.17, 15) is 14.0 Å². The van der Waals surface area contributed by atoms with E-state index in [4.69, 9.17) is 4.74 Å². The second-order valence-corrected chi connectivity index (χ2v) is 10.2. The first kappa shape index (κ1) is 25.2. The van der Waals surface area contributed by atoms with Crippen molar-refractivity contribution in [3.8, 4) is 5.75 Å². The van der Waals surface area contributed by atoms with Gasteiger partial charge in [-0.3, -0.25) is 9.59 Å². The van der Waals surface area contributed by atoms with Crippen molar-refractivity contribution < 1.29 is 18.7 Å². The number of halogens is 1. The van der Waals surface area contributed by atoms with E-state index in [1.54, 1.807) is 12.1 Å². The van der Waals surface area contributed by atoms with Crippen molar-refractivity contribution in [1.82, 2.24) is 10.2 Å². The maximum absolute atomic E-state index is 13.7. The van der Waals surface area contributed by atoms with Crippen molar-refractivity contribution in [2.75, 3.05) is 13.1 Å². The van der Waals surface area contributed by atoms with Crippen LogP contribution < -0.4 is 10.1 Å². The summed E-state index contributed by atoms with van der Waals surface area (Å²) in [6.07, 6.45) is 4.79. The minimum absolute atomic E-state index is 0.0630. The number of ether oxygens (including phenoxy) is 1. The van der Waals surface area contributed by atoms with Crippen LogP contribution >= 0.6 is 0 Å². The van der Waals surface area contributed by atoms with Gasteiger partial charge in [-0.05, 0) is 72.6 Å². The summed E-state index contributed by atoms with van der Waals surface area (Å²) in [4.78, 5) is 28.2. The number of fused-ring (bicyclic) bond motifs is 1. The van der Waals surface area contributed by atoms with Crippen LogP contribution in [-0.4, -0.2) is 35.9 Å².